The zero-order valence-electron chi connectivity index (χ0n) is 16.6. The summed E-state index contributed by atoms with van der Waals surface area (Å²) in [6.07, 6.45) is 1.02. The van der Waals surface area contributed by atoms with E-state index in [1.54, 1.807) is 20.1 Å². The maximum atomic E-state index is 11.6. The van der Waals surface area contributed by atoms with E-state index in [0.29, 0.717) is 29.6 Å². The number of esters is 1. The Morgan fingerprint density at radius 3 is 2.73 bits per heavy atom. The number of carbonyl (C=O) groups excluding carboxylic acids is 1. The summed E-state index contributed by atoms with van der Waals surface area (Å²) in [4.78, 5) is 18.4. The minimum atomic E-state index is -0.400. The maximum absolute atomic E-state index is 11.6. The van der Waals surface area contributed by atoms with Crippen molar-refractivity contribution in [2.75, 3.05) is 54.1 Å². The fourth-order valence-corrected chi connectivity index (χ4v) is 2.39. The van der Waals surface area contributed by atoms with Gasteiger partial charge in [-0.05, 0) is 33.4 Å². The van der Waals surface area contributed by atoms with Crippen LogP contribution in [0, 0.1) is 6.92 Å². The van der Waals surface area contributed by atoms with Crippen molar-refractivity contribution < 1.29 is 18.7 Å². The second-order valence-electron chi connectivity index (χ2n) is 5.95. The third-order valence-electron chi connectivity index (χ3n) is 3.79. The van der Waals surface area contributed by atoms with Crippen molar-refractivity contribution in [1.29, 1.82) is 0 Å². The molecule has 0 amide bonds. The van der Waals surface area contributed by atoms with Crippen LogP contribution < -0.4 is 10.6 Å². The molecule has 1 heterocycles. The van der Waals surface area contributed by atoms with Gasteiger partial charge in [-0.15, -0.1) is 0 Å². The van der Waals surface area contributed by atoms with Crippen molar-refractivity contribution in [3.63, 3.8) is 0 Å². The quantitative estimate of drug-likeness (QED) is 0.264. The van der Waals surface area contributed by atoms with E-state index in [-0.39, 0.29) is 0 Å². The zero-order valence-corrected chi connectivity index (χ0v) is 16.6. The van der Waals surface area contributed by atoms with Crippen LogP contribution in [-0.2, 0) is 16.0 Å². The number of hydrogen-bond donors (Lipinski definition) is 2. The molecule has 1 rings (SSSR count). The molecule has 1 aromatic rings. The monoisotopic (exact) mass is 368 g/mol. The SMILES string of the molecule is CCNC(=NCc1cc(C(=O)OC)c(C)o1)NCCN(C)CCCOC. The summed E-state index contributed by atoms with van der Waals surface area (Å²) in [5, 5.41) is 6.50. The fourth-order valence-electron chi connectivity index (χ4n) is 2.39. The number of aryl methyl sites for hydroxylation is 1. The van der Waals surface area contributed by atoms with Crippen LogP contribution in [0.4, 0.5) is 0 Å². The van der Waals surface area contributed by atoms with E-state index in [9.17, 15) is 4.79 Å². The van der Waals surface area contributed by atoms with E-state index >= 15 is 0 Å². The Hall–Kier alpha value is -2.06. The van der Waals surface area contributed by atoms with Gasteiger partial charge in [0, 0.05) is 39.9 Å². The summed E-state index contributed by atoms with van der Waals surface area (Å²) < 4.78 is 15.4. The van der Waals surface area contributed by atoms with E-state index in [1.807, 2.05) is 6.92 Å². The van der Waals surface area contributed by atoms with Gasteiger partial charge in [0.25, 0.3) is 0 Å². The van der Waals surface area contributed by atoms with Gasteiger partial charge in [0.1, 0.15) is 23.6 Å². The summed E-state index contributed by atoms with van der Waals surface area (Å²) in [5.41, 5.74) is 0.438. The van der Waals surface area contributed by atoms with Crippen LogP contribution in [0.15, 0.2) is 15.5 Å². The Bertz CT molecular complexity index is 572. The number of nitrogens with zero attached hydrogens (tertiary/aromatic N) is 2. The van der Waals surface area contributed by atoms with Crippen LogP contribution in [-0.4, -0.2) is 70.9 Å². The molecule has 2 N–H and O–H groups in total. The van der Waals surface area contributed by atoms with Crippen molar-refractivity contribution in [2.45, 2.75) is 26.8 Å². The Balaban J connectivity index is 2.52. The second-order valence-corrected chi connectivity index (χ2v) is 5.95. The number of hydrogen-bond acceptors (Lipinski definition) is 6. The Morgan fingerprint density at radius 1 is 1.31 bits per heavy atom. The minimum absolute atomic E-state index is 0.344. The number of methoxy groups -OCH3 is 2. The van der Waals surface area contributed by atoms with E-state index in [2.05, 4.69) is 27.6 Å². The summed E-state index contributed by atoms with van der Waals surface area (Å²) in [5.74, 6) is 1.48. The van der Waals surface area contributed by atoms with E-state index in [4.69, 9.17) is 13.9 Å². The molecule has 26 heavy (non-hydrogen) atoms. The molecule has 0 radical (unpaired) electrons. The number of likely N-dealkylation sites (N-methyl/N-ethyl adjacent to an activating group) is 1. The van der Waals surface area contributed by atoms with Crippen LogP contribution in [0.5, 0.6) is 0 Å². The first kappa shape index (κ1) is 22.0. The highest BCUT2D eigenvalue weighted by Crippen LogP contribution is 2.16. The molecule has 0 atom stereocenters. The maximum Gasteiger partial charge on any atom is 0.341 e. The predicted octanol–water partition coefficient (Wildman–Crippen LogP) is 1.40. The lowest BCUT2D eigenvalue weighted by Gasteiger charge is -2.18. The summed E-state index contributed by atoms with van der Waals surface area (Å²) >= 11 is 0. The average Bonchev–Trinajstić information content (AvgIpc) is 3.00. The van der Waals surface area contributed by atoms with Gasteiger partial charge in [0.05, 0.1) is 7.11 Å². The molecule has 1 aromatic heterocycles. The number of carbonyl (C=O) groups is 1. The second kappa shape index (κ2) is 12.3. The Labute approximate surface area is 155 Å². The summed E-state index contributed by atoms with van der Waals surface area (Å²) in [6.45, 7) is 8.31. The van der Waals surface area contributed by atoms with Gasteiger partial charge in [0.15, 0.2) is 5.96 Å². The van der Waals surface area contributed by atoms with Gasteiger partial charge in [0.2, 0.25) is 0 Å². The van der Waals surface area contributed by atoms with E-state index < -0.39 is 5.97 Å². The Kier molecular flexibility index (Phi) is 10.4. The van der Waals surface area contributed by atoms with Crippen molar-refractivity contribution in [2.24, 2.45) is 4.99 Å². The average molecular weight is 368 g/mol. The number of rotatable bonds is 11. The summed E-state index contributed by atoms with van der Waals surface area (Å²) in [7, 11) is 5.16. The van der Waals surface area contributed by atoms with Crippen molar-refractivity contribution in [3.8, 4) is 0 Å². The third kappa shape index (κ3) is 7.88. The van der Waals surface area contributed by atoms with Gasteiger partial charge in [-0.25, -0.2) is 9.79 Å². The molecule has 0 bridgehead atoms. The largest absolute Gasteiger partial charge is 0.465 e. The highest BCUT2D eigenvalue weighted by atomic mass is 16.5. The van der Waals surface area contributed by atoms with Crippen LogP contribution >= 0.6 is 0 Å². The highest BCUT2D eigenvalue weighted by molar-refractivity contribution is 5.90. The Morgan fingerprint density at radius 2 is 2.08 bits per heavy atom. The molecule has 0 aliphatic heterocycles. The van der Waals surface area contributed by atoms with Gasteiger partial charge in [-0.3, -0.25) is 0 Å². The van der Waals surface area contributed by atoms with Crippen molar-refractivity contribution >= 4 is 11.9 Å². The van der Waals surface area contributed by atoms with Gasteiger partial charge in [-0.1, -0.05) is 0 Å². The lowest BCUT2D eigenvalue weighted by atomic mass is 10.2. The first-order valence-electron chi connectivity index (χ1n) is 8.89. The molecular weight excluding hydrogens is 336 g/mol. The zero-order chi connectivity index (χ0) is 19.4. The molecule has 8 heteroatoms. The molecule has 0 aliphatic carbocycles. The van der Waals surface area contributed by atoms with Gasteiger partial charge < -0.3 is 29.4 Å². The minimum Gasteiger partial charge on any atom is -0.465 e. The first-order valence-corrected chi connectivity index (χ1v) is 8.89. The molecule has 0 saturated carbocycles. The van der Waals surface area contributed by atoms with E-state index in [1.165, 1.54) is 7.11 Å². The van der Waals surface area contributed by atoms with Crippen molar-refractivity contribution in [3.05, 3.63) is 23.2 Å². The molecule has 0 aromatic carbocycles. The molecular formula is C18H32N4O4. The number of aliphatic imine (C=N–C) groups is 1. The summed E-state index contributed by atoms with van der Waals surface area (Å²) in [6, 6.07) is 1.68. The van der Waals surface area contributed by atoms with Crippen LogP contribution in [0.1, 0.15) is 35.2 Å². The molecule has 0 spiro atoms. The fraction of sp³-hybridized carbons (Fsp3) is 0.667. The first-order chi connectivity index (χ1) is 12.5. The number of nitrogens with one attached hydrogen (secondary N) is 2. The van der Waals surface area contributed by atoms with Crippen LogP contribution in [0.3, 0.4) is 0 Å². The van der Waals surface area contributed by atoms with Crippen molar-refractivity contribution in [1.82, 2.24) is 15.5 Å². The van der Waals surface area contributed by atoms with Gasteiger partial charge in [-0.2, -0.15) is 0 Å². The molecule has 0 unspecified atom stereocenters. The molecule has 148 valence electrons. The number of furan rings is 1. The smallest absolute Gasteiger partial charge is 0.341 e. The topological polar surface area (TPSA) is 88.3 Å². The molecule has 8 nitrogen and oxygen atoms in total. The predicted molar refractivity (Wildman–Crippen MR) is 102 cm³/mol. The lowest BCUT2D eigenvalue weighted by Crippen LogP contribution is -2.41. The van der Waals surface area contributed by atoms with E-state index in [0.717, 1.165) is 39.2 Å². The number of ether oxygens (including phenoxy) is 2. The van der Waals surface area contributed by atoms with Crippen LogP contribution in [0.25, 0.3) is 0 Å². The number of guanidine groups is 1. The lowest BCUT2D eigenvalue weighted by molar-refractivity contribution is 0.0599. The highest BCUT2D eigenvalue weighted by Gasteiger charge is 2.15. The van der Waals surface area contributed by atoms with Gasteiger partial charge >= 0.3 is 5.97 Å². The van der Waals surface area contributed by atoms with Crippen LogP contribution in [0.2, 0.25) is 0 Å². The molecule has 0 fully saturated rings. The standard InChI is InChI=1S/C18H32N4O4/c1-6-19-18(20-8-10-22(3)9-7-11-24-4)21-13-15-12-16(14(2)26-15)17(23)25-5/h12H,6-11,13H2,1-5H3,(H2,19,20,21). The normalized spacial score (nSPS) is 11.7. The molecule has 0 saturated heterocycles. The third-order valence-corrected chi connectivity index (χ3v) is 3.79. The molecule has 0 aliphatic rings.